The van der Waals surface area contributed by atoms with Crippen molar-refractivity contribution in [2.45, 2.75) is 109 Å². The average molecular weight is 617 g/mol. The molecule has 1 saturated carbocycles. The first-order valence-corrected chi connectivity index (χ1v) is 15.7. The van der Waals surface area contributed by atoms with E-state index in [0.29, 0.717) is 18.8 Å². The second kappa shape index (κ2) is 13.5. The third-order valence-corrected chi connectivity index (χ3v) is 9.72. The topological polar surface area (TPSA) is 159 Å². The van der Waals surface area contributed by atoms with Gasteiger partial charge in [-0.25, -0.2) is 14.6 Å². The second-order valence-corrected chi connectivity index (χ2v) is 12.9. The second-order valence-electron chi connectivity index (χ2n) is 12.9. The fourth-order valence-corrected chi connectivity index (χ4v) is 7.29. The molecule has 4 heterocycles. The zero-order valence-corrected chi connectivity index (χ0v) is 25.6. The lowest BCUT2D eigenvalue weighted by atomic mass is 9.58. The van der Waals surface area contributed by atoms with Gasteiger partial charge >= 0.3 is 11.9 Å². The minimum Gasteiger partial charge on any atom is -0.480 e. The fourth-order valence-electron chi connectivity index (χ4n) is 7.29. The molecule has 12 nitrogen and oxygen atoms in total. The summed E-state index contributed by atoms with van der Waals surface area (Å²) in [6.45, 7) is 6.27. The van der Waals surface area contributed by atoms with Crippen LogP contribution in [0, 0.1) is 23.7 Å². The van der Waals surface area contributed by atoms with Crippen LogP contribution in [0.4, 0.5) is 0 Å². The molecular weight excluding hydrogens is 572 g/mol. The number of hydrogen-bond acceptors (Lipinski definition) is 9. The first-order chi connectivity index (χ1) is 21.0. The van der Waals surface area contributed by atoms with Crippen LogP contribution in [0.25, 0.3) is 0 Å². The molecule has 0 aromatic heterocycles. The number of esters is 1. The van der Waals surface area contributed by atoms with E-state index in [4.69, 9.17) is 24.0 Å². The monoisotopic (exact) mass is 616 g/mol. The van der Waals surface area contributed by atoms with E-state index in [9.17, 15) is 24.3 Å². The van der Waals surface area contributed by atoms with Crippen molar-refractivity contribution in [2.75, 3.05) is 6.54 Å². The maximum atomic E-state index is 12.8. The molecule has 1 aromatic carbocycles. The van der Waals surface area contributed by atoms with Crippen LogP contribution in [0.1, 0.15) is 77.7 Å². The number of benzene rings is 1. The summed E-state index contributed by atoms with van der Waals surface area (Å²) in [6, 6.07) is 8.02. The Balaban J connectivity index is 1.03. The molecule has 12 heteroatoms. The van der Waals surface area contributed by atoms with Crippen molar-refractivity contribution in [1.82, 2.24) is 10.6 Å². The predicted molar refractivity (Wildman–Crippen MR) is 154 cm³/mol. The summed E-state index contributed by atoms with van der Waals surface area (Å²) in [5.74, 6) is -2.86. The van der Waals surface area contributed by atoms with Gasteiger partial charge in [-0.15, -0.1) is 0 Å². The van der Waals surface area contributed by atoms with Crippen LogP contribution in [-0.4, -0.2) is 65.4 Å². The van der Waals surface area contributed by atoms with Crippen LogP contribution in [0.3, 0.4) is 0 Å². The summed E-state index contributed by atoms with van der Waals surface area (Å²) in [4.78, 5) is 60.9. The lowest BCUT2D eigenvalue weighted by molar-refractivity contribution is -0.576. The van der Waals surface area contributed by atoms with Gasteiger partial charge in [0, 0.05) is 44.1 Å². The number of carbonyl (C=O) groups is 4. The van der Waals surface area contributed by atoms with Crippen molar-refractivity contribution in [3.8, 4) is 0 Å². The van der Waals surface area contributed by atoms with Crippen molar-refractivity contribution < 1.29 is 48.3 Å². The largest absolute Gasteiger partial charge is 0.480 e. The van der Waals surface area contributed by atoms with E-state index < -0.39 is 47.9 Å². The number of carboxylic acids is 1. The maximum absolute atomic E-state index is 12.8. The molecule has 5 aliphatic rings. The summed E-state index contributed by atoms with van der Waals surface area (Å²) in [7, 11) is 0. The number of nitrogens with one attached hydrogen (secondary N) is 2. The van der Waals surface area contributed by atoms with E-state index in [-0.39, 0.29) is 55.9 Å². The van der Waals surface area contributed by atoms with Gasteiger partial charge < -0.3 is 30.0 Å². The third kappa shape index (κ3) is 6.93. The van der Waals surface area contributed by atoms with Crippen LogP contribution >= 0.6 is 0 Å². The molecule has 0 radical (unpaired) electrons. The van der Waals surface area contributed by atoms with Crippen molar-refractivity contribution >= 4 is 23.8 Å². The third-order valence-electron chi connectivity index (χ3n) is 9.72. The molecule has 242 valence electrons. The Labute approximate surface area is 257 Å². The first kappa shape index (κ1) is 32.3. The van der Waals surface area contributed by atoms with Crippen LogP contribution in [-0.2, 0) is 49.6 Å². The maximum Gasteiger partial charge on any atom is 0.326 e. The number of amides is 2. The quantitative estimate of drug-likeness (QED) is 0.181. The molecule has 1 aromatic rings. The molecule has 1 aliphatic carbocycles. The first-order valence-electron chi connectivity index (χ1n) is 15.7. The highest BCUT2D eigenvalue weighted by molar-refractivity contribution is 5.84. The Morgan fingerprint density at radius 1 is 1.00 bits per heavy atom. The average Bonchev–Trinajstić information content (AvgIpc) is 3.22. The van der Waals surface area contributed by atoms with Gasteiger partial charge in [-0.3, -0.25) is 14.4 Å². The van der Waals surface area contributed by atoms with Crippen LogP contribution in [0.5, 0.6) is 0 Å². The SMILES string of the molecule is C[C@@H]1[C@H](OC(=O)CCC(=O)NCCCC(=O)N[C@@H](Cc2ccccc2)C(=O)O)O[C@H]2O[C@]3(C)CC[C@H]4[C@H](C)CC[C@@H]1[C@@]24OO3. The van der Waals surface area contributed by atoms with Gasteiger partial charge in [-0.1, -0.05) is 44.2 Å². The van der Waals surface area contributed by atoms with Gasteiger partial charge in [0.2, 0.25) is 23.9 Å². The van der Waals surface area contributed by atoms with Gasteiger partial charge in [0.1, 0.15) is 6.04 Å². The molecule has 44 heavy (non-hydrogen) atoms. The van der Waals surface area contributed by atoms with Crippen molar-refractivity contribution in [3.63, 3.8) is 0 Å². The highest BCUT2D eigenvalue weighted by atomic mass is 17.3. The molecule has 2 bridgehead atoms. The highest BCUT2D eigenvalue weighted by Crippen LogP contribution is 2.60. The molecule has 2 amide bonds. The standard InChI is InChI=1S/C32H44N2O10/c1-19-11-12-23-20(2)29(41-30-32(23)22(19)15-16-31(3,42-30)43-44-32)40-27(37)14-13-25(35)33-17-7-10-26(36)34-24(28(38)39)18-21-8-5-4-6-9-21/h4-6,8-9,19-20,22-24,29-30H,7,10-18H2,1-3H3,(H,33,35)(H,34,36)(H,38,39)/t19-,20+,22+,23+,24+,29-,30+,31+,32-/m1/s1. The number of carbonyl (C=O) groups excluding carboxylic acids is 3. The summed E-state index contributed by atoms with van der Waals surface area (Å²) in [6.07, 6.45) is 2.29. The van der Waals surface area contributed by atoms with E-state index in [1.165, 1.54) is 0 Å². The number of fused-ring (bicyclic) bond motifs is 2. The van der Waals surface area contributed by atoms with Crippen molar-refractivity contribution in [2.24, 2.45) is 23.7 Å². The molecule has 9 atom stereocenters. The van der Waals surface area contributed by atoms with Gasteiger partial charge in [0.15, 0.2) is 11.9 Å². The van der Waals surface area contributed by atoms with Crippen LogP contribution < -0.4 is 10.6 Å². The fraction of sp³-hybridized carbons (Fsp3) is 0.688. The number of hydrogen-bond donors (Lipinski definition) is 3. The Kier molecular flexibility index (Phi) is 9.93. The predicted octanol–water partition coefficient (Wildman–Crippen LogP) is 3.23. The molecular formula is C32H44N2O10. The minimum atomic E-state index is -1.11. The Morgan fingerprint density at radius 3 is 2.52 bits per heavy atom. The molecule has 3 N–H and O–H groups in total. The normalized spacial score (nSPS) is 34.6. The van der Waals surface area contributed by atoms with E-state index in [1.54, 1.807) is 12.1 Å². The van der Waals surface area contributed by atoms with Crippen LogP contribution in [0.2, 0.25) is 0 Å². The zero-order valence-electron chi connectivity index (χ0n) is 25.6. The van der Waals surface area contributed by atoms with Crippen molar-refractivity contribution in [1.29, 1.82) is 0 Å². The summed E-state index contributed by atoms with van der Waals surface area (Å²) in [5.41, 5.74) is 0.0582. The summed E-state index contributed by atoms with van der Waals surface area (Å²) < 4.78 is 18.3. The Bertz CT molecular complexity index is 1210. The molecule has 6 rings (SSSR count). The lowest BCUT2D eigenvalue weighted by Gasteiger charge is -2.59. The molecule has 5 fully saturated rings. The summed E-state index contributed by atoms with van der Waals surface area (Å²) in [5, 5.41) is 14.7. The molecule has 0 unspecified atom stereocenters. The number of aliphatic carboxylic acids is 1. The molecule has 4 aliphatic heterocycles. The zero-order chi connectivity index (χ0) is 31.5. The Morgan fingerprint density at radius 2 is 1.77 bits per heavy atom. The van der Waals surface area contributed by atoms with Gasteiger partial charge in [-0.2, -0.15) is 0 Å². The number of carboxylic acid groups (broad SMARTS) is 1. The van der Waals surface area contributed by atoms with Gasteiger partial charge in [0.25, 0.3) is 0 Å². The van der Waals surface area contributed by atoms with Crippen LogP contribution in [0.15, 0.2) is 30.3 Å². The van der Waals surface area contributed by atoms with E-state index in [2.05, 4.69) is 17.6 Å². The van der Waals surface area contributed by atoms with E-state index in [1.807, 2.05) is 32.0 Å². The smallest absolute Gasteiger partial charge is 0.326 e. The molecule has 4 saturated heterocycles. The minimum absolute atomic E-state index is 0.0208. The van der Waals surface area contributed by atoms with Gasteiger partial charge in [-0.05, 0) is 50.0 Å². The molecule has 1 spiro atoms. The lowest BCUT2D eigenvalue weighted by Crippen LogP contribution is -2.70. The summed E-state index contributed by atoms with van der Waals surface area (Å²) >= 11 is 0. The number of rotatable bonds is 12. The Hall–Kier alpha value is -3.06. The highest BCUT2D eigenvalue weighted by Gasteiger charge is 2.69. The van der Waals surface area contributed by atoms with E-state index >= 15 is 0 Å². The van der Waals surface area contributed by atoms with Crippen molar-refractivity contribution in [3.05, 3.63) is 35.9 Å². The van der Waals surface area contributed by atoms with E-state index in [0.717, 1.165) is 24.8 Å². The number of ether oxygens (including phenoxy) is 3. The van der Waals surface area contributed by atoms with Gasteiger partial charge in [0.05, 0.1) is 6.42 Å².